The fourth-order valence-corrected chi connectivity index (χ4v) is 5.36. The minimum Gasteiger partial charge on any atom is -0.352 e. The number of hydrogen-bond donors (Lipinski definition) is 1. The van der Waals surface area contributed by atoms with E-state index in [1.54, 1.807) is 11.8 Å². The molecule has 0 aliphatic carbocycles. The molecule has 170 valence electrons. The highest BCUT2D eigenvalue weighted by Gasteiger charge is 2.26. The number of carbonyl (C=O) groups is 2. The highest BCUT2D eigenvalue weighted by atomic mass is 32.2. The van der Waals surface area contributed by atoms with E-state index in [-0.39, 0.29) is 11.8 Å². The third kappa shape index (κ3) is 5.54. The maximum atomic E-state index is 12.8. The monoisotopic (exact) mass is 451 g/mol. The van der Waals surface area contributed by atoms with Crippen LogP contribution in [0.15, 0.2) is 41.3 Å². The van der Waals surface area contributed by atoms with E-state index in [4.69, 9.17) is 0 Å². The molecular formula is C26H33N3O2S. The average molecular weight is 452 g/mol. The molecule has 2 amide bonds. The zero-order valence-electron chi connectivity index (χ0n) is 19.2. The number of carbonyl (C=O) groups excluding carboxylic acids is 2. The first-order chi connectivity index (χ1) is 15.5. The molecule has 5 nitrogen and oxygen atoms in total. The van der Waals surface area contributed by atoms with E-state index in [1.807, 2.05) is 23.1 Å². The van der Waals surface area contributed by atoms with Gasteiger partial charge in [-0.1, -0.05) is 30.2 Å². The Morgan fingerprint density at radius 3 is 2.69 bits per heavy atom. The fourth-order valence-electron chi connectivity index (χ4n) is 4.45. The largest absolute Gasteiger partial charge is 0.352 e. The molecule has 4 rings (SSSR count). The van der Waals surface area contributed by atoms with Gasteiger partial charge in [0.15, 0.2) is 0 Å². The number of thioether (sulfide) groups is 1. The fraction of sp³-hybridized carbons (Fsp3) is 0.462. The summed E-state index contributed by atoms with van der Waals surface area (Å²) in [5, 5.41) is 3.06. The molecule has 1 saturated heterocycles. The molecular weight excluding hydrogens is 418 g/mol. The predicted octanol–water partition coefficient (Wildman–Crippen LogP) is 4.55. The highest BCUT2D eigenvalue weighted by Crippen LogP contribution is 2.37. The van der Waals surface area contributed by atoms with Gasteiger partial charge in [0.2, 0.25) is 5.91 Å². The Kier molecular flexibility index (Phi) is 7.53. The quantitative estimate of drug-likeness (QED) is 0.628. The molecule has 2 aliphatic heterocycles. The van der Waals surface area contributed by atoms with Gasteiger partial charge in [0.05, 0.1) is 18.0 Å². The zero-order chi connectivity index (χ0) is 22.5. The van der Waals surface area contributed by atoms with Crippen molar-refractivity contribution in [2.24, 2.45) is 0 Å². The molecule has 32 heavy (non-hydrogen) atoms. The normalized spacial score (nSPS) is 16.7. The zero-order valence-corrected chi connectivity index (χ0v) is 20.0. The van der Waals surface area contributed by atoms with Gasteiger partial charge in [-0.15, -0.1) is 11.8 Å². The van der Waals surface area contributed by atoms with Crippen LogP contribution in [0.2, 0.25) is 0 Å². The van der Waals surface area contributed by atoms with Gasteiger partial charge in [-0.05, 0) is 82.1 Å². The maximum absolute atomic E-state index is 12.8. The molecule has 0 unspecified atom stereocenters. The van der Waals surface area contributed by atoms with Crippen LogP contribution in [0.1, 0.15) is 52.7 Å². The van der Waals surface area contributed by atoms with Crippen molar-refractivity contribution in [3.63, 3.8) is 0 Å². The summed E-state index contributed by atoms with van der Waals surface area (Å²) < 4.78 is 0. The van der Waals surface area contributed by atoms with Crippen LogP contribution in [0.4, 0.5) is 5.69 Å². The summed E-state index contributed by atoms with van der Waals surface area (Å²) in [6.45, 7) is 8.75. The number of amides is 2. The molecule has 0 atom stereocenters. The molecule has 2 aromatic carbocycles. The SMILES string of the molecule is Cc1ccc(C)c(CN2C(=O)CSc3ccc(C(=O)NCCCN4CCCCC4)cc32)c1. The standard InChI is InChI=1S/C26H33N3O2S/c1-19-7-8-20(2)22(15-19)17-29-23-16-21(9-10-24(23)32-18-25(29)30)26(31)27-11-6-14-28-12-4-3-5-13-28/h7-10,15-16H,3-6,11-14,17-18H2,1-2H3,(H,27,31). The Balaban J connectivity index is 1.42. The lowest BCUT2D eigenvalue weighted by Crippen LogP contribution is -2.35. The lowest BCUT2D eigenvalue weighted by molar-refractivity contribution is -0.116. The van der Waals surface area contributed by atoms with Crippen molar-refractivity contribution >= 4 is 29.3 Å². The van der Waals surface area contributed by atoms with Gasteiger partial charge >= 0.3 is 0 Å². The Morgan fingerprint density at radius 1 is 1.06 bits per heavy atom. The Bertz CT molecular complexity index is 985. The average Bonchev–Trinajstić information content (AvgIpc) is 2.81. The van der Waals surface area contributed by atoms with Gasteiger partial charge in [-0.25, -0.2) is 0 Å². The molecule has 0 bridgehead atoms. The predicted molar refractivity (Wildman–Crippen MR) is 132 cm³/mol. The van der Waals surface area contributed by atoms with Crippen molar-refractivity contribution in [1.29, 1.82) is 0 Å². The molecule has 2 heterocycles. The van der Waals surface area contributed by atoms with Crippen LogP contribution in [0.5, 0.6) is 0 Å². The molecule has 0 aromatic heterocycles. The molecule has 1 fully saturated rings. The summed E-state index contributed by atoms with van der Waals surface area (Å²) >= 11 is 1.55. The summed E-state index contributed by atoms with van der Waals surface area (Å²) in [7, 11) is 0. The van der Waals surface area contributed by atoms with Crippen LogP contribution in [0.3, 0.4) is 0 Å². The molecule has 6 heteroatoms. The van der Waals surface area contributed by atoms with Gasteiger partial charge in [0, 0.05) is 17.0 Å². The van der Waals surface area contributed by atoms with E-state index < -0.39 is 0 Å². The number of rotatable bonds is 7. The maximum Gasteiger partial charge on any atom is 0.251 e. The van der Waals surface area contributed by atoms with Crippen LogP contribution in [-0.2, 0) is 11.3 Å². The molecule has 0 spiro atoms. The third-order valence-electron chi connectivity index (χ3n) is 6.38. The van der Waals surface area contributed by atoms with E-state index in [2.05, 4.69) is 42.3 Å². The number of aryl methyl sites for hydroxylation is 2. The number of nitrogens with one attached hydrogen (secondary N) is 1. The number of nitrogens with zero attached hydrogens (tertiary/aromatic N) is 2. The van der Waals surface area contributed by atoms with Crippen LogP contribution in [0, 0.1) is 13.8 Å². The first-order valence-corrected chi connectivity index (χ1v) is 12.6. The molecule has 2 aliphatic rings. The van der Waals surface area contributed by atoms with Gasteiger partial charge in [-0.2, -0.15) is 0 Å². The van der Waals surface area contributed by atoms with Gasteiger partial charge < -0.3 is 15.1 Å². The van der Waals surface area contributed by atoms with Crippen molar-refractivity contribution in [1.82, 2.24) is 10.2 Å². The number of fused-ring (bicyclic) bond motifs is 1. The first kappa shape index (κ1) is 22.9. The Morgan fingerprint density at radius 2 is 1.88 bits per heavy atom. The number of likely N-dealkylation sites (tertiary alicyclic amines) is 1. The smallest absolute Gasteiger partial charge is 0.251 e. The van der Waals surface area contributed by atoms with E-state index >= 15 is 0 Å². The second-order valence-electron chi connectivity index (χ2n) is 8.89. The van der Waals surface area contributed by atoms with Crippen molar-refractivity contribution in [3.05, 3.63) is 58.7 Å². The number of piperidine rings is 1. The van der Waals surface area contributed by atoms with Gasteiger partial charge in [0.1, 0.15) is 0 Å². The number of benzene rings is 2. The van der Waals surface area contributed by atoms with E-state index in [9.17, 15) is 9.59 Å². The lowest BCUT2D eigenvalue weighted by Gasteiger charge is -2.30. The number of hydrogen-bond acceptors (Lipinski definition) is 4. The summed E-state index contributed by atoms with van der Waals surface area (Å²) in [4.78, 5) is 31.0. The third-order valence-corrected chi connectivity index (χ3v) is 7.43. The van der Waals surface area contributed by atoms with Crippen LogP contribution in [0.25, 0.3) is 0 Å². The molecule has 2 aromatic rings. The minimum atomic E-state index is -0.0684. The molecule has 0 radical (unpaired) electrons. The van der Waals surface area contributed by atoms with E-state index in [0.717, 1.165) is 29.1 Å². The Hall–Kier alpha value is -2.31. The van der Waals surface area contributed by atoms with Gasteiger partial charge in [0.25, 0.3) is 5.91 Å². The van der Waals surface area contributed by atoms with Crippen molar-refractivity contribution in [2.75, 3.05) is 36.8 Å². The second-order valence-corrected chi connectivity index (χ2v) is 9.91. The first-order valence-electron chi connectivity index (χ1n) is 11.6. The van der Waals surface area contributed by atoms with Crippen molar-refractivity contribution < 1.29 is 9.59 Å². The number of anilines is 1. The van der Waals surface area contributed by atoms with E-state index in [1.165, 1.54) is 43.5 Å². The van der Waals surface area contributed by atoms with Crippen molar-refractivity contribution in [2.45, 2.75) is 51.0 Å². The van der Waals surface area contributed by atoms with Crippen LogP contribution >= 0.6 is 11.8 Å². The topological polar surface area (TPSA) is 52.7 Å². The van der Waals surface area contributed by atoms with E-state index in [0.29, 0.717) is 24.4 Å². The van der Waals surface area contributed by atoms with Crippen molar-refractivity contribution in [3.8, 4) is 0 Å². The second kappa shape index (κ2) is 10.5. The highest BCUT2D eigenvalue weighted by molar-refractivity contribution is 8.00. The minimum absolute atomic E-state index is 0.0684. The summed E-state index contributed by atoms with van der Waals surface area (Å²) in [6, 6.07) is 12.1. The van der Waals surface area contributed by atoms with Gasteiger partial charge in [-0.3, -0.25) is 9.59 Å². The molecule has 1 N–H and O–H groups in total. The van der Waals surface area contributed by atoms with Crippen LogP contribution in [-0.4, -0.2) is 48.6 Å². The summed E-state index contributed by atoms with van der Waals surface area (Å²) in [5.41, 5.74) is 4.95. The summed E-state index contributed by atoms with van der Waals surface area (Å²) in [6.07, 6.45) is 4.88. The van der Waals surface area contributed by atoms with Crippen LogP contribution < -0.4 is 10.2 Å². The Labute approximate surface area is 195 Å². The molecule has 0 saturated carbocycles. The lowest BCUT2D eigenvalue weighted by atomic mass is 10.0. The summed E-state index contributed by atoms with van der Waals surface area (Å²) in [5.74, 6) is 0.448.